The van der Waals surface area contributed by atoms with E-state index >= 15 is 0 Å². The summed E-state index contributed by atoms with van der Waals surface area (Å²) in [6.07, 6.45) is 0. The van der Waals surface area contributed by atoms with E-state index in [1.54, 1.807) is 0 Å². The zero-order valence-corrected chi connectivity index (χ0v) is 9.77. The standard InChI is InChI=1S/C18H10/c1-3-11-7-9-15-16-10-8-12-4-2-6-14(18(12)16)13(5-1)17(11)15/h1-10H. The van der Waals surface area contributed by atoms with Crippen LogP contribution in [-0.2, 0) is 0 Å². The molecule has 0 amide bonds. The molecule has 0 radical (unpaired) electrons. The molecule has 0 atom stereocenters. The summed E-state index contributed by atoms with van der Waals surface area (Å²) >= 11 is 0. The first-order chi connectivity index (χ1) is 8.93. The van der Waals surface area contributed by atoms with Crippen LogP contribution >= 0.6 is 0 Å². The average Bonchev–Trinajstić information content (AvgIpc) is 3.01. The monoisotopic (exact) mass is 226 g/mol. The van der Waals surface area contributed by atoms with Crippen LogP contribution in [0.1, 0.15) is 0 Å². The van der Waals surface area contributed by atoms with Gasteiger partial charge in [-0.05, 0) is 43.1 Å². The Morgan fingerprint density at radius 2 is 0.833 bits per heavy atom. The van der Waals surface area contributed by atoms with Crippen molar-refractivity contribution in [2.24, 2.45) is 0 Å². The van der Waals surface area contributed by atoms with Crippen LogP contribution in [0, 0.1) is 0 Å². The minimum Gasteiger partial charge on any atom is -0.0610 e. The molecule has 82 valence electrons. The smallest absolute Gasteiger partial charge is 0.00264 e. The van der Waals surface area contributed by atoms with Crippen molar-refractivity contribution in [1.82, 2.24) is 0 Å². The lowest BCUT2D eigenvalue weighted by Crippen LogP contribution is -1.78. The van der Waals surface area contributed by atoms with Gasteiger partial charge in [-0.2, -0.15) is 0 Å². The van der Waals surface area contributed by atoms with Crippen molar-refractivity contribution in [3.05, 3.63) is 60.7 Å². The van der Waals surface area contributed by atoms with Gasteiger partial charge in [0, 0.05) is 0 Å². The predicted molar refractivity (Wildman–Crippen MR) is 78.8 cm³/mol. The van der Waals surface area contributed by atoms with Crippen LogP contribution in [0.25, 0.3) is 43.1 Å². The Balaban J connectivity index is 2.35. The lowest BCUT2D eigenvalue weighted by molar-refractivity contribution is 1.88. The maximum atomic E-state index is 2.26. The van der Waals surface area contributed by atoms with E-state index < -0.39 is 0 Å². The van der Waals surface area contributed by atoms with Gasteiger partial charge >= 0.3 is 0 Å². The Labute approximate surface area is 104 Å². The van der Waals surface area contributed by atoms with Gasteiger partial charge in [-0.25, -0.2) is 0 Å². The molecule has 0 heterocycles. The molecular weight excluding hydrogens is 216 g/mol. The number of hydrogen-bond acceptors (Lipinski definition) is 0. The van der Waals surface area contributed by atoms with Crippen molar-refractivity contribution in [2.45, 2.75) is 0 Å². The number of benzene rings is 3. The van der Waals surface area contributed by atoms with Gasteiger partial charge in [0.15, 0.2) is 0 Å². The van der Waals surface area contributed by atoms with E-state index in [4.69, 9.17) is 0 Å². The van der Waals surface area contributed by atoms with E-state index in [0.717, 1.165) is 0 Å². The third-order valence-corrected chi connectivity index (χ3v) is 4.17. The lowest BCUT2D eigenvalue weighted by atomic mass is 9.97. The fourth-order valence-electron chi connectivity index (χ4n) is 3.43. The molecule has 0 saturated heterocycles. The third-order valence-electron chi connectivity index (χ3n) is 4.17. The highest BCUT2D eigenvalue weighted by molar-refractivity contribution is 6.34. The van der Waals surface area contributed by atoms with Crippen molar-refractivity contribution in [2.75, 3.05) is 0 Å². The molecule has 0 unspecified atom stereocenters. The summed E-state index contributed by atoms with van der Waals surface area (Å²) in [5.41, 5.74) is 0. The van der Waals surface area contributed by atoms with E-state index in [1.165, 1.54) is 43.1 Å². The van der Waals surface area contributed by atoms with Gasteiger partial charge in [-0.3, -0.25) is 0 Å². The van der Waals surface area contributed by atoms with Crippen LogP contribution in [0.5, 0.6) is 0 Å². The molecule has 0 aliphatic rings. The van der Waals surface area contributed by atoms with Gasteiger partial charge in [-0.1, -0.05) is 60.7 Å². The second-order valence-electron chi connectivity index (χ2n) is 5.03. The molecule has 5 aromatic rings. The molecule has 0 aliphatic heterocycles. The Bertz CT molecular complexity index is 924. The molecule has 0 nitrogen and oxygen atoms in total. The molecule has 0 aliphatic carbocycles. The van der Waals surface area contributed by atoms with Crippen molar-refractivity contribution in [1.29, 1.82) is 0 Å². The van der Waals surface area contributed by atoms with Crippen LogP contribution in [0.3, 0.4) is 0 Å². The summed E-state index contributed by atoms with van der Waals surface area (Å²) in [6.45, 7) is 0. The number of fused-ring (bicyclic) bond motifs is 2. The third kappa shape index (κ3) is 0.820. The summed E-state index contributed by atoms with van der Waals surface area (Å²) in [6, 6.07) is 22.2. The largest absolute Gasteiger partial charge is 0.0610 e. The summed E-state index contributed by atoms with van der Waals surface area (Å²) in [5.74, 6) is 0. The van der Waals surface area contributed by atoms with Crippen LogP contribution < -0.4 is 0 Å². The number of rotatable bonds is 0. The van der Waals surface area contributed by atoms with Crippen LogP contribution in [0.4, 0.5) is 0 Å². The Morgan fingerprint density at radius 1 is 0.389 bits per heavy atom. The molecular formula is C18H10. The molecule has 0 N–H and O–H groups in total. The van der Waals surface area contributed by atoms with E-state index in [2.05, 4.69) is 60.7 Å². The van der Waals surface area contributed by atoms with Gasteiger partial charge < -0.3 is 0 Å². The van der Waals surface area contributed by atoms with E-state index in [9.17, 15) is 0 Å². The number of hydrogen-bond donors (Lipinski definition) is 0. The van der Waals surface area contributed by atoms with E-state index in [-0.39, 0.29) is 0 Å². The fourth-order valence-corrected chi connectivity index (χ4v) is 3.43. The topological polar surface area (TPSA) is 0 Å². The minimum absolute atomic E-state index is 1.35. The zero-order valence-electron chi connectivity index (χ0n) is 9.77. The Kier molecular flexibility index (Phi) is 1.32. The maximum absolute atomic E-state index is 2.26. The first-order valence-corrected chi connectivity index (χ1v) is 6.31. The molecule has 0 heteroatoms. The molecule has 0 fully saturated rings. The molecule has 0 saturated carbocycles. The summed E-state index contributed by atoms with van der Waals surface area (Å²) in [4.78, 5) is 0. The summed E-state index contributed by atoms with van der Waals surface area (Å²) in [7, 11) is 0. The van der Waals surface area contributed by atoms with Gasteiger partial charge in [-0.15, -0.1) is 0 Å². The van der Waals surface area contributed by atoms with Gasteiger partial charge in [0.05, 0.1) is 0 Å². The second kappa shape index (κ2) is 2.73. The maximum Gasteiger partial charge on any atom is -0.00264 e. The lowest BCUT2D eigenvalue weighted by Gasteiger charge is -2.06. The van der Waals surface area contributed by atoms with Crippen LogP contribution in [0.15, 0.2) is 60.7 Å². The molecule has 5 rings (SSSR count). The Morgan fingerprint density at radius 3 is 1.33 bits per heavy atom. The fraction of sp³-hybridized carbons (Fsp3) is 0. The highest BCUT2D eigenvalue weighted by Gasteiger charge is 2.13. The first kappa shape index (κ1) is 8.71. The molecule has 18 heavy (non-hydrogen) atoms. The Hall–Kier alpha value is -2.34. The average molecular weight is 226 g/mol. The second-order valence-corrected chi connectivity index (χ2v) is 5.03. The first-order valence-electron chi connectivity index (χ1n) is 6.31. The van der Waals surface area contributed by atoms with E-state index in [1.807, 2.05) is 0 Å². The highest BCUT2D eigenvalue weighted by atomic mass is 14.2. The SMILES string of the molecule is c1cc2ccc3c4ccc5cccc(c(c1)c23)c54. The summed E-state index contributed by atoms with van der Waals surface area (Å²) < 4.78 is 0. The van der Waals surface area contributed by atoms with Crippen molar-refractivity contribution in [3.8, 4) is 0 Å². The molecule has 0 bridgehead atoms. The molecule has 0 spiro atoms. The quantitative estimate of drug-likeness (QED) is 0.319. The van der Waals surface area contributed by atoms with Crippen molar-refractivity contribution < 1.29 is 0 Å². The van der Waals surface area contributed by atoms with Gasteiger partial charge in [0.25, 0.3) is 0 Å². The predicted octanol–water partition coefficient (Wildman–Crippen LogP) is 5.18. The zero-order chi connectivity index (χ0) is 11.7. The molecule has 5 aromatic carbocycles. The van der Waals surface area contributed by atoms with Crippen molar-refractivity contribution >= 4 is 43.1 Å². The van der Waals surface area contributed by atoms with Gasteiger partial charge in [0.2, 0.25) is 0 Å². The van der Waals surface area contributed by atoms with Gasteiger partial charge in [0.1, 0.15) is 0 Å². The van der Waals surface area contributed by atoms with E-state index in [0.29, 0.717) is 0 Å². The minimum atomic E-state index is 1.35. The summed E-state index contributed by atoms with van der Waals surface area (Å²) in [5, 5.41) is 11.1. The molecule has 0 aromatic heterocycles. The highest BCUT2D eigenvalue weighted by Crippen LogP contribution is 2.41. The van der Waals surface area contributed by atoms with Crippen molar-refractivity contribution in [3.63, 3.8) is 0 Å². The normalized spacial score (nSPS) is 12.4. The van der Waals surface area contributed by atoms with Crippen LogP contribution in [0.2, 0.25) is 0 Å². The van der Waals surface area contributed by atoms with Crippen LogP contribution in [-0.4, -0.2) is 0 Å².